The average Bonchev–Trinajstić information content (AvgIpc) is 2.63. The van der Waals surface area contributed by atoms with Crippen molar-refractivity contribution in [2.75, 3.05) is 40.5 Å². The summed E-state index contributed by atoms with van der Waals surface area (Å²) >= 11 is 0. The smallest absolute Gasteiger partial charge is 0.190 e. The molecule has 0 radical (unpaired) electrons. The summed E-state index contributed by atoms with van der Waals surface area (Å²) in [4.78, 5) is 4.27. The molecule has 1 aromatic carbocycles. The molecular formula is C19H34IN3O2. The van der Waals surface area contributed by atoms with E-state index in [-0.39, 0.29) is 24.0 Å². The minimum atomic E-state index is 0. The maximum absolute atomic E-state index is 5.56. The molecule has 1 aromatic rings. The van der Waals surface area contributed by atoms with E-state index in [9.17, 15) is 0 Å². The van der Waals surface area contributed by atoms with Gasteiger partial charge in [0.1, 0.15) is 5.75 Å². The lowest BCUT2D eigenvalue weighted by Crippen LogP contribution is -2.39. The zero-order valence-electron chi connectivity index (χ0n) is 16.0. The first-order chi connectivity index (χ1) is 11.7. The van der Waals surface area contributed by atoms with Crippen LogP contribution >= 0.6 is 24.0 Å². The second kappa shape index (κ2) is 15.3. The normalized spacial score (nSPS) is 12.2. The summed E-state index contributed by atoms with van der Waals surface area (Å²) in [5.41, 5.74) is 1.20. The van der Waals surface area contributed by atoms with Crippen LogP contribution in [0.1, 0.15) is 44.6 Å². The molecule has 0 spiro atoms. The number of ether oxygens (including phenoxy) is 2. The molecule has 0 aliphatic heterocycles. The quantitative estimate of drug-likeness (QED) is 0.227. The zero-order chi connectivity index (χ0) is 17.6. The van der Waals surface area contributed by atoms with E-state index in [4.69, 9.17) is 9.47 Å². The number of nitrogens with zero attached hydrogens (tertiary/aromatic N) is 1. The molecule has 0 fully saturated rings. The molecule has 0 aliphatic rings. The van der Waals surface area contributed by atoms with Gasteiger partial charge in [-0.25, -0.2) is 0 Å². The van der Waals surface area contributed by atoms with Gasteiger partial charge < -0.3 is 20.1 Å². The number of halogens is 1. The fourth-order valence-electron chi connectivity index (χ4n) is 2.38. The van der Waals surface area contributed by atoms with Crippen LogP contribution in [0.15, 0.2) is 29.3 Å². The number of rotatable bonds is 11. The Balaban J connectivity index is 0.00000576. The lowest BCUT2D eigenvalue weighted by molar-refractivity contribution is 0.129. The number of hydrogen-bond acceptors (Lipinski definition) is 3. The third-order valence-corrected chi connectivity index (χ3v) is 3.87. The van der Waals surface area contributed by atoms with Gasteiger partial charge in [-0.15, -0.1) is 24.0 Å². The van der Waals surface area contributed by atoms with Crippen molar-refractivity contribution in [2.24, 2.45) is 4.99 Å². The molecular weight excluding hydrogens is 429 g/mol. The monoisotopic (exact) mass is 463 g/mol. The molecule has 6 heteroatoms. The van der Waals surface area contributed by atoms with Crippen molar-refractivity contribution >= 4 is 29.9 Å². The second-order valence-corrected chi connectivity index (χ2v) is 5.84. The zero-order valence-corrected chi connectivity index (χ0v) is 18.3. The molecule has 144 valence electrons. The number of hydrogen-bond donors (Lipinski definition) is 2. The minimum Gasteiger partial charge on any atom is -0.496 e. The van der Waals surface area contributed by atoms with E-state index >= 15 is 0 Å². The van der Waals surface area contributed by atoms with Crippen LogP contribution in [0.25, 0.3) is 0 Å². The highest BCUT2D eigenvalue weighted by molar-refractivity contribution is 14.0. The van der Waals surface area contributed by atoms with Crippen molar-refractivity contribution in [1.29, 1.82) is 0 Å². The van der Waals surface area contributed by atoms with Crippen LogP contribution in [-0.2, 0) is 4.74 Å². The van der Waals surface area contributed by atoms with Crippen molar-refractivity contribution in [1.82, 2.24) is 10.6 Å². The van der Waals surface area contributed by atoms with Gasteiger partial charge in [-0.2, -0.15) is 0 Å². The molecule has 25 heavy (non-hydrogen) atoms. The van der Waals surface area contributed by atoms with Crippen molar-refractivity contribution < 1.29 is 9.47 Å². The maximum atomic E-state index is 5.56. The molecule has 0 heterocycles. The van der Waals surface area contributed by atoms with Crippen molar-refractivity contribution in [2.45, 2.75) is 39.0 Å². The van der Waals surface area contributed by atoms with Gasteiger partial charge in [0.15, 0.2) is 5.96 Å². The fourth-order valence-corrected chi connectivity index (χ4v) is 2.38. The molecule has 2 N–H and O–H groups in total. The summed E-state index contributed by atoms with van der Waals surface area (Å²) in [6, 6.07) is 8.14. The van der Waals surface area contributed by atoms with Crippen LogP contribution < -0.4 is 15.4 Å². The predicted molar refractivity (Wildman–Crippen MR) is 117 cm³/mol. The van der Waals surface area contributed by atoms with Gasteiger partial charge in [0, 0.05) is 39.3 Å². The third kappa shape index (κ3) is 9.89. The number of guanidine groups is 1. The van der Waals surface area contributed by atoms with E-state index in [0.29, 0.717) is 5.92 Å². The molecule has 1 rings (SSSR count). The summed E-state index contributed by atoms with van der Waals surface area (Å²) in [6.07, 6.45) is 3.29. The average molecular weight is 463 g/mol. The van der Waals surface area contributed by atoms with Crippen molar-refractivity contribution in [3.63, 3.8) is 0 Å². The Morgan fingerprint density at radius 1 is 1.16 bits per heavy atom. The van der Waals surface area contributed by atoms with Gasteiger partial charge in [0.05, 0.1) is 7.11 Å². The van der Waals surface area contributed by atoms with Gasteiger partial charge in [-0.05, 0) is 24.5 Å². The van der Waals surface area contributed by atoms with Crippen LogP contribution in [0.4, 0.5) is 0 Å². The standard InChI is InChI=1S/C19H33N3O2.HI/c1-5-6-13-24-14-9-12-21-19(20-3)22-15-16(2)17-10-7-8-11-18(17)23-4;/h7-8,10-11,16H,5-6,9,12-15H2,1-4H3,(H2,20,21,22);1H. The summed E-state index contributed by atoms with van der Waals surface area (Å²) in [6.45, 7) is 7.66. The van der Waals surface area contributed by atoms with E-state index < -0.39 is 0 Å². The lowest BCUT2D eigenvalue weighted by Gasteiger charge is -2.18. The predicted octanol–water partition coefficient (Wildman–Crippen LogP) is 3.79. The van der Waals surface area contributed by atoms with Gasteiger partial charge >= 0.3 is 0 Å². The van der Waals surface area contributed by atoms with Crippen LogP contribution in [-0.4, -0.2) is 46.4 Å². The Hall–Kier alpha value is -1.02. The van der Waals surface area contributed by atoms with E-state index in [1.54, 1.807) is 14.2 Å². The largest absolute Gasteiger partial charge is 0.496 e. The molecule has 0 saturated carbocycles. The lowest BCUT2D eigenvalue weighted by atomic mass is 10.0. The molecule has 1 atom stereocenters. The van der Waals surface area contributed by atoms with Crippen LogP contribution in [0, 0.1) is 0 Å². The topological polar surface area (TPSA) is 54.9 Å². The molecule has 0 amide bonds. The van der Waals surface area contributed by atoms with E-state index in [1.807, 2.05) is 18.2 Å². The van der Waals surface area contributed by atoms with Crippen LogP contribution in [0.3, 0.4) is 0 Å². The van der Waals surface area contributed by atoms with Gasteiger partial charge in [0.2, 0.25) is 0 Å². The Morgan fingerprint density at radius 2 is 1.88 bits per heavy atom. The van der Waals surface area contributed by atoms with Gasteiger partial charge in [0.25, 0.3) is 0 Å². The molecule has 5 nitrogen and oxygen atoms in total. The third-order valence-electron chi connectivity index (χ3n) is 3.87. The summed E-state index contributed by atoms with van der Waals surface area (Å²) < 4.78 is 11.0. The Kier molecular flexibility index (Phi) is 14.6. The summed E-state index contributed by atoms with van der Waals surface area (Å²) in [5.74, 6) is 2.08. The highest BCUT2D eigenvalue weighted by Gasteiger charge is 2.11. The minimum absolute atomic E-state index is 0. The first kappa shape index (κ1) is 24.0. The number of methoxy groups -OCH3 is 1. The SMILES string of the molecule is CCCCOCCCNC(=NC)NCC(C)c1ccccc1OC.I. The Labute approximate surface area is 170 Å². The Bertz CT molecular complexity index is 483. The number of nitrogens with one attached hydrogen (secondary N) is 2. The second-order valence-electron chi connectivity index (χ2n) is 5.84. The molecule has 1 unspecified atom stereocenters. The van der Waals surface area contributed by atoms with E-state index in [1.165, 1.54) is 12.0 Å². The maximum Gasteiger partial charge on any atom is 0.190 e. The van der Waals surface area contributed by atoms with Crippen molar-refractivity contribution in [3.8, 4) is 5.75 Å². The number of aliphatic imine (C=N–C) groups is 1. The highest BCUT2D eigenvalue weighted by Crippen LogP contribution is 2.25. The molecule has 0 bridgehead atoms. The molecule has 0 aromatic heterocycles. The first-order valence-electron chi connectivity index (χ1n) is 8.88. The van der Waals surface area contributed by atoms with Gasteiger partial charge in [-0.3, -0.25) is 4.99 Å². The van der Waals surface area contributed by atoms with Crippen LogP contribution in [0.5, 0.6) is 5.75 Å². The number of benzene rings is 1. The van der Waals surface area contributed by atoms with Crippen molar-refractivity contribution in [3.05, 3.63) is 29.8 Å². The van der Waals surface area contributed by atoms with E-state index in [2.05, 4.69) is 35.5 Å². The summed E-state index contributed by atoms with van der Waals surface area (Å²) in [7, 11) is 3.50. The number of unbranched alkanes of at least 4 members (excludes halogenated alkanes) is 1. The Morgan fingerprint density at radius 3 is 2.56 bits per heavy atom. The first-order valence-corrected chi connectivity index (χ1v) is 8.88. The molecule has 0 aliphatic carbocycles. The highest BCUT2D eigenvalue weighted by atomic mass is 127. The van der Waals surface area contributed by atoms with Crippen LogP contribution in [0.2, 0.25) is 0 Å². The fraction of sp³-hybridized carbons (Fsp3) is 0.632. The number of para-hydroxylation sites is 1. The molecule has 0 saturated heterocycles. The van der Waals surface area contributed by atoms with Gasteiger partial charge in [-0.1, -0.05) is 38.5 Å². The van der Waals surface area contributed by atoms with E-state index in [0.717, 1.165) is 50.9 Å². The summed E-state index contributed by atoms with van der Waals surface area (Å²) in [5, 5.41) is 6.70.